The van der Waals surface area contributed by atoms with Crippen LogP contribution < -0.4 is 5.32 Å². The lowest BCUT2D eigenvalue weighted by Crippen LogP contribution is -2.34. The number of fused-ring (bicyclic) bond motifs is 1. The Morgan fingerprint density at radius 3 is 2.69 bits per heavy atom. The minimum Gasteiger partial charge on any atom is -0.306 e. The minimum absolute atomic E-state index is 0.146. The van der Waals surface area contributed by atoms with E-state index in [-0.39, 0.29) is 5.54 Å². The Kier molecular flexibility index (Phi) is 3.00. The third-order valence-corrected chi connectivity index (χ3v) is 3.46. The molecular formula is C13H18N2S. The smallest absolute Gasteiger partial charge is 0.108 e. The molecule has 1 aromatic carbocycles. The van der Waals surface area contributed by atoms with Gasteiger partial charge in [-0.3, -0.25) is 0 Å². The van der Waals surface area contributed by atoms with E-state index in [4.69, 9.17) is 0 Å². The summed E-state index contributed by atoms with van der Waals surface area (Å²) in [6.07, 6.45) is 0. The number of benzene rings is 1. The van der Waals surface area contributed by atoms with Crippen LogP contribution in [0.15, 0.2) is 18.2 Å². The number of nitrogens with zero attached hydrogens (tertiary/aromatic N) is 1. The van der Waals surface area contributed by atoms with Crippen LogP contribution in [0.2, 0.25) is 0 Å². The first-order valence-electron chi connectivity index (χ1n) is 5.56. The summed E-state index contributed by atoms with van der Waals surface area (Å²) in [5.74, 6) is 0. The van der Waals surface area contributed by atoms with E-state index in [1.54, 1.807) is 11.3 Å². The van der Waals surface area contributed by atoms with Gasteiger partial charge in [-0.05, 0) is 39.3 Å². The van der Waals surface area contributed by atoms with Crippen molar-refractivity contribution in [2.75, 3.05) is 0 Å². The van der Waals surface area contributed by atoms with Crippen LogP contribution in [0.4, 0.5) is 0 Å². The number of aryl methyl sites for hydroxylation is 1. The molecule has 0 saturated heterocycles. The zero-order valence-corrected chi connectivity index (χ0v) is 11.1. The van der Waals surface area contributed by atoms with Gasteiger partial charge in [-0.1, -0.05) is 12.1 Å². The van der Waals surface area contributed by atoms with Crippen LogP contribution >= 0.6 is 11.3 Å². The van der Waals surface area contributed by atoms with Gasteiger partial charge >= 0.3 is 0 Å². The van der Waals surface area contributed by atoms with Crippen LogP contribution in [0.1, 0.15) is 31.3 Å². The van der Waals surface area contributed by atoms with Crippen LogP contribution in [0.25, 0.3) is 10.2 Å². The summed E-state index contributed by atoms with van der Waals surface area (Å²) in [6.45, 7) is 9.48. The number of hydrogen-bond donors (Lipinski definition) is 1. The van der Waals surface area contributed by atoms with Crippen LogP contribution in [-0.4, -0.2) is 10.5 Å². The SMILES string of the molecule is Cc1cccc2sc(CNC(C)(C)C)nc12. The molecule has 2 rings (SSSR count). The molecule has 2 nitrogen and oxygen atoms in total. The van der Waals surface area contributed by atoms with Crippen molar-refractivity contribution in [3.05, 3.63) is 28.8 Å². The summed E-state index contributed by atoms with van der Waals surface area (Å²) >= 11 is 1.78. The monoisotopic (exact) mass is 234 g/mol. The normalized spacial score (nSPS) is 12.2. The van der Waals surface area contributed by atoms with Gasteiger partial charge in [0.25, 0.3) is 0 Å². The Hall–Kier alpha value is -0.930. The zero-order valence-electron chi connectivity index (χ0n) is 10.3. The van der Waals surface area contributed by atoms with Crippen molar-refractivity contribution >= 4 is 21.6 Å². The molecule has 0 amide bonds. The number of hydrogen-bond acceptors (Lipinski definition) is 3. The van der Waals surface area contributed by atoms with E-state index in [0.29, 0.717) is 0 Å². The average Bonchev–Trinajstić information content (AvgIpc) is 2.58. The Labute approximate surface area is 101 Å². The van der Waals surface area contributed by atoms with Gasteiger partial charge in [-0.25, -0.2) is 4.98 Å². The van der Waals surface area contributed by atoms with E-state index in [1.165, 1.54) is 15.3 Å². The first kappa shape index (κ1) is 11.6. The molecule has 0 atom stereocenters. The molecule has 16 heavy (non-hydrogen) atoms. The lowest BCUT2D eigenvalue weighted by molar-refractivity contribution is 0.424. The molecule has 1 heterocycles. The van der Waals surface area contributed by atoms with Gasteiger partial charge in [0.1, 0.15) is 5.01 Å². The van der Waals surface area contributed by atoms with Crippen molar-refractivity contribution in [2.24, 2.45) is 0 Å². The van der Waals surface area contributed by atoms with Crippen LogP contribution in [0.5, 0.6) is 0 Å². The van der Waals surface area contributed by atoms with E-state index < -0.39 is 0 Å². The quantitative estimate of drug-likeness (QED) is 0.860. The summed E-state index contributed by atoms with van der Waals surface area (Å²) in [5.41, 5.74) is 2.56. The van der Waals surface area contributed by atoms with E-state index in [0.717, 1.165) is 12.1 Å². The topological polar surface area (TPSA) is 24.9 Å². The molecule has 0 fully saturated rings. The van der Waals surface area contributed by atoms with Crippen molar-refractivity contribution in [1.82, 2.24) is 10.3 Å². The molecular weight excluding hydrogens is 216 g/mol. The van der Waals surface area contributed by atoms with Crippen LogP contribution in [-0.2, 0) is 6.54 Å². The second-order valence-corrected chi connectivity index (χ2v) is 6.25. The molecule has 0 spiro atoms. The third-order valence-electron chi connectivity index (χ3n) is 2.43. The molecule has 0 saturated carbocycles. The highest BCUT2D eigenvalue weighted by Gasteiger charge is 2.11. The lowest BCUT2D eigenvalue weighted by Gasteiger charge is -2.19. The van der Waals surface area contributed by atoms with E-state index in [2.05, 4.69) is 56.2 Å². The number of aromatic nitrogens is 1. The van der Waals surface area contributed by atoms with Gasteiger partial charge in [-0.2, -0.15) is 0 Å². The standard InChI is InChI=1S/C13H18N2S/c1-9-6-5-7-10-12(9)15-11(16-10)8-14-13(2,3)4/h5-7,14H,8H2,1-4H3. The van der Waals surface area contributed by atoms with Gasteiger partial charge in [-0.15, -0.1) is 11.3 Å². The van der Waals surface area contributed by atoms with Gasteiger partial charge in [0, 0.05) is 12.1 Å². The Morgan fingerprint density at radius 1 is 1.31 bits per heavy atom. The summed E-state index contributed by atoms with van der Waals surface area (Å²) < 4.78 is 1.28. The maximum Gasteiger partial charge on any atom is 0.108 e. The number of nitrogens with one attached hydrogen (secondary N) is 1. The van der Waals surface area contributed by atoms with Crippen molar-refractivity contribution in [3.8, 4) is 0 Å². The van der Waals surface area contributed by atoms with E-state index >= 15 is 0 Å². The lowest BCUT2D eigenvalue weighted by atomic mass is 10.1. The summed E-state index contributed by atoms with van der Waals surface area (Å²) in [5, 5.41) is 4.63. The van der Waals surface area contributed by atoms with Crippen molar-refractivity contribution < 1.29 is 0 Å². The second-order valence-electron chi connectivity index (χ2n) is 5.13. The fourth-order valence-electron chi connectivity index (χ4n) is 1.55. The number of thiazole rings is 1. The summed E-state index contributed by atoms with van der Waals surface area (Å²) in [7, 11) is 0. The predicted octanol–water partition coefficient (Wildman–Crippen LogP) is 3.49. The second kappa shape index (κ2) is 4.15. The molecule has 0 unspecified atom stereocenters. The molecule has 0 aliphatic carbocycles. The molecule has 86 valence electrons. The zero-order chi connectivity index (χ0) is 11.8. The summed E-state index contributed by atoms with van der Waals surface area (Å²) in [4.78, 5) is 4.67. The van der Waals surface area contributed by atoms with Gasteiger partial charge < -0.3 is 5.32 Å². The van der Waals surface area contributed by atoms with Gasteiger partial charge in [0.15, 0.2) is 0 Å². The van der Waals surface area contributed by atoms with E-state index in [1.807, 2.05) is 0 Å². The first-order valence-corrected chi connectivity index (χ1v) is 6.37. The van der Waals surface area contributed by atoms with Gasteiger partial charge in [0.2, 0.25) is 0 Å². The van der Waals surface area contributed by atoms with Crippen LogP contribution in [0, 0.1) is 6.92 Å². The molecule has 0 radical (unpaired) electrons. The number of para-hydroxylation sites is 1. The highest BCUT2D eigenvalue weighted by atomic mass is 32.1. The Morgan fingerprint density at radius 2 is 2.06 bits per heavy atom. The highest BCUT2D eigenvalue weighted by molar-refractivity contribution is 7.18. The van der Waals surface area contributed by atoms with E-state index in [9.17, 15) is 0 Å². The van der Waals surface area contributed by atoms with Gasteiger partial charge in [0.05, 0.1) is 10.2 Å². The highest BCUT2D eigenvalue weighted by Crippen LogP contribution is 2.24. The van der Waals surface area contributed by atoms with Crippen LogP contribution in [0.3, 0.4) is 0 Å². The molecule has 0 aliphatic rings. The molecule has 0 aliphatic heterocycles. The fourth-order valence-corrected chi connectivity index (χ4v) is 2.53. The predicted molar refractivity (Wildman–Crippen MR) is 70.9 cm³/mol. The minimum atomic E-state index is 0.146. The maximum atomic E-state index is 4.67. The summed E-state index contributed by atoms with van der Waals surface area (Å²) in [6, 6.07) is 6.35. The van der Waals surface area contributed by atoms with Crippen molar-refractivity contribution in [2.45, 2.75) is 39.8 Å². The third kappa shape index (κ3) is 2.60. The first-order chi connectivity index (χ1) is 7.46. The van der Waals surface area contributed by atoms with Crippen molar-refractivity contribution in [3.63, 3.8) is 0 Å². The molecule has 0 bridgehead atoms. The molecule has 1 aromatic heterocycles. The number of rotatable bonds is 2. The Bertz CT molecular complexity index is 494. The largest absolute Gasteiger partial charge is 0.306 e. The van der Waals surface area contributed by atoms with Crippen molar-refractivity contribution in [1.29, 1.82) is 0 Å². The fraction of sp³-hybridized carbons (Fsp3) is 0.462. The molecule has 2 aromatic rings. The Balaban J connectivity index is 2.24. The molecule has 3 heteroatoms. The average molecular weight is 234 g/mol. The maximum absolute atomic E-state index is 4.67. The molecule has 1 N–H and O–H groups in total.